The molecule has 0 aromatic heterocycles. The lowest BCUT2D eigenvalue weighted by molar-refractivity contribution is -0.136. The fraction of sp³-hybridized carbons (Fsp3) is 0.391. The molecule has 2 fully saturated rings. The fourth-order valence-electron chi connectivity index (χ4n) is 4.51. The maximum atomic E-state index is 12.7. The van der Waals surface area contributed by atoms with E-state index in [2.05, 4.69) is 48.5 Å². The molecule has 0 N–H and O–H groups in total. The Morgan fingerprint density at radius 2 is 1.30 bits per heavy atom. The summed E-state index contributed by atoms with van der Waals surface area (Å²) in [5.41, 5.74) is 2.32. The van der Waals surface area contributed by atoms with Crippen molar-refractivity contribution in [1.82, 2.24) is 9.80 Å². The average molecular weight is 362 g/mol. The van der Waals surface area contributed by atoms with Crippen molar-refractivity contribution >= 4 is 11.8 Å². The van der Waals surface area contributed by atoms with Crippen molar-refractivity contribution in [3.8, 4) is 0 Å². The van der Waals surface area contributed by atoms with Crippen LogP contribution in [0.3, 0.4) is 0 Å². The van der Waals surface area contributed by atoms with Crippen molar-refractivity contribution in [2.24, 2.45) is 0 Å². The van der Waals surface area contributed by atoms with Crippen LogP contribution in [-0.4, -0.2) is 47.8 Å². The van der Waals surface area contributed by atoms with Gasteiger partial charge in [-0.2, -0.15) is 0 Å². The van der Waals surface area contributed by atoms with E-state index >= 15 is 0 Å². The first-order valence-electron chi connectivity index (χ1n) is 9.86. The Morgan fingerprint density at radius 1 is 0.741 bits per heavy atom. The zero-order valence-electron chi connectivity index (χ0n) is 15.6. The van der Waals surface area contributed by atoms with Crippen LogP contribution >= 0.6 is 0 Å². The Bertz CT molecular complexity index is 764. The van der Waals surface area contributed by atoms with Gasteiger partial charge in [-0.1, -0.05) is 60.7 Å². The van der Waals surface area contributed by atoms with E-state index in [1.165, 1.54) is 11.1 Å². The van der Waals surface area contributed by atoms with Gasteiger partial charge in [0, 0.05) is 44.4 Å². The second kappa shape index (κ2) is 7.55. The van der Waals surface area contributed by atoms with Gasteiger partial charge in [-0.3, -0.25) is 9.59 Å². The first-order chi connectivity index (χ1) is 13.2. The molecule has 140 valence electrons. The maximum Gasteiger partial charge on any atom is 0.222 e. The highest BCUT2D eigenvalue weighted by Gasteiger charge is 2.41. The fourth-order valence-corrected chi connectivity index (χ4v) is 4.51. The van der Waals surface area contributed by atoms with Crippen molar-refractivity contribution in [1.29, 1.82) is 0 Å². The molecule has 2 amide bonds. The van der Waals surface area contributed by atoms with E-state index in [1.807, 2.05) is 21.9 Å². The van der Waals surface area contributed by atoms with Crippen molar-refractivity contribution in [2.45, 2.75) is 31.1 Å². The van der Waals surface area contributed by atoms with Crippen molar-refractivity contribution in [3.63, 3.8) is 0 Å². The molecule has 2 aromatic carbocycles. The summed E-state index contributed by atoms with van der Waals surface area (Å²) in [4.78, 5) is 28.4. The number of likely N-dealkylation sites (tertiary alicyclic amines) is 2. The van der Waals surface area contributed by atoms with Gasteiger partial charge in [0.2, 0.25) is 11.8 Å². The summed E-state index contributed by atoms with van der Waals surface area (Å²) in [5, 5.41) is 0. The van der Waals surface area contributed by atoms with Gasteiger partial charge in [0.05, 0.1) is 0 Å². The number of hydrogen-bond acceptors (Lipinski definition) is 2. The van der Waals surface area contributed by atoms with E-state index in [-0.39, 0.29) is 17.2 Å². The SMILES string of the molecule is O=C1CCCN1CCN1CC(c2ccccc2)(c2ccccc2)CCC1=O. The molecule has 4 heteroatoms. The Kier molecular flexibility index (Phi) is 4.97. The number of carbonyl (C=O) groups is 2. The van der Waals surface area contributed by atoms with Crippen LogP contribution in [0.2, 0.25) is 0 Å². The molecule has 2 heterocycles. The second-order valence-electron chi connectivity index (χ2n) is 7.61. The Balaban J connectivity index is 1.61. The summed E-state index contributed by atoms with van der Waals surface area (Å²) >= 11 is 0. The quantitative estimate of drug-likeness (QED) is 0.819. The van der Waals surface area contributed by atoms with Crippen LogP contribution in [0, 0.1) is 0 Å². The Labute approximate surface area is 160 Å². The zero-order valence-corrected chi connectivity index (χ0v) is 15.6. The third-order valence-corrected chi connectivity index (χ3v) is 6.04. The second-order valence-corrected chi connectivity index (χ2v) is 7.61. The number of rotatable bonds is 5. The number of nitrogens with zero attached hydrogens (tertiary/aromatic N) is 2. The summed E-state index contributed by atoms with van der Waals surface area (Å²) < 4.78 is 0. The maximum absolute atomic E-state index is 12.7. The number of amides is 2. The predicted molar refractivity (Wildman–Crippen MR) is 105 cm³/mol. The lowest BCUT2D eigenvalue weighted by Crippen LogP contribution is -2.51. The molecule has 27 heavy (non-hydrogen) atoms. The number of benzene rings is 2. The number of hydrogen-bond donors (Lipinski definition) is 0. The van der Waals surface area contributed by atoms with Gasteiger partial charge in [-0.05, 0) is 24.0 Å². The van der Waals surface area contributed by atoms with Crippen LogP contribution in [0.25, 0.3) is 0 Å². The molecule has 0 bridgehead atoms. The number of carbonyl (C=O) groups excluding carboxylic acids is 2. The highest BCUT2D eigenvalue weighted by atomic mass is 16.2. The lowest BCUT2D eigenvalue weighted by Gasteiger charge is -2.44. The first-order valence-corrected chi connectivity index (χ1v) is 9.86. The monoisotopic (exact) mass is 362 g/mol. The van der Waals surface area contributed by atoms with Crippen LogP contribution in [0.15, 0.2) is 60.7 Å². The molecule has 4 nitrogen and oxygen atoms in total. The minimum Gasteiger partial charge on any atom is -0.341 e. The molecule has 2 aliphatic heterocycles. The van der Waals surface area contributed by atoms with Gasteiger partial charge < -0.3 is 9.80 Å². The lowest BCUT2D eigenvalue weighted by atomic mass is 9.69. The van der Waals surface area contributed by atoms with Gasteiger partial charge in [-0.15, -0.1) is 0 Å². The van der Waals surface area contributed by atoms with Gasteiger partial charge in [-0.25, -0.2) is 0 Å². The highest BCUT2D eigenvalue weighted by Crippen LogP contribution is 2.40. The normalized spacial score (nSPS) is 19.6. The predicted octanol–water partition coefficient (Wildman–Crippen LogP) is 3.22. The van der Waals surface area contributed by atoms with E-state index in [9.17, 15) is 9.59 Å². The Morgan fingerprint density at radius 3 is 1.85 bits per heavy atom. The van der Waals surface area contributed by atoms with Crippen LogP contribution in [0.1, 0.15) is 36.8 Å². The molecular formula is C23H26N2O2. The highest BCUT2D eigenvalue weighted by molar-refractivity contribution is 5.79. The Hall–Kier alpha value is -2.62. The molecular weight excluding hydrogens is 336 g/mol. The molecule has 0 radical (unpaired) electrons. The van der Waals surface area contributed by atoms with Crippen LogP contribution in [0.4, 0.5) is 0 Å². The third kappa shape index (κ3) is 3.48. The van der Waals surface area contributed by atoms with Gasteiger partial charge in [0.25, 0.3) is 0 Å². The topological polar surface area (TPSA) is 40.6 Å². The summed E-state index contributed by atoms with van der Waals surface area (Å²) in [6.45, 7) is 2.75. The first kappa shape index (κ1) is 17.8. The van der Waals surface area contributed by atoms with Crippen LogP contribution in [-0.2, 0) is 15.0 Å². The third-order valence-electron chi connectivity index (χ3n) is 6.04. The molecule has 0 aliphatic carbocycles. The van der Waals surface area contributed by atoms with Crippen LogP contribution < -0.4 is 0 Å². The van der Waals surface area contributed by atoms with E-state index in [1.54, 1.807) is 0 Å². The van der Waals surface area contributed by atoms with E-state index < -0.39 is 0 Å². The zero-order chi connectivity index (χ0) is 18.7. The molecule has 0 saturated carbocycles. The standard InChI is InChI=1S/C23H26N2O2/c26-21-12-7-15-24(21)16-17-25-18-23(14-13-22(25)27,19-8-3-1-4-9-19)20-10-5-2-6-11-20/h1-6,8-11H,7,12-18H2. The van der Waals surface area contributed by atoms with E-state index in [4.69, 9.17) is 0 Å². The molecule has 2 aromatic rings. The minimum absolute atomic E-state index is 0.189. The summed E-state index contributed by atoms with van der Waals surface area (Å²) in [5.74, 6) is 0.418. The van der Waals surface area contributed by atoms with Crippen LogP contribution in [0.5, 0.6) is 0 Å². The summed E-state index contributed by atoms with van der Waals surface area (Å²) in [6, 6.07) is 21.0. The summed E-state index contributed by atoms with van der Waals surface area (Å²) in [6.07, 6.45) is 2.94. The number of piperidine rings is 1. The molecule has 2 saturated heterocycles. The molecule has 0 unspecified atom stereocenters. The smallest absolute Gasteiger partial charge is 0.222 e. The minimum atomic E-state index is -0.189. The van der Waals surface area contributed by atoms with Gasteiger partial charge in [0.1, 0.15) is 0 Å². The summed E-state index contributed by atoms with van der Waals surface area (Å²) in [7, 11) is 0. The average Bonchev–Trinajstić information content (AvgIpc) is 3.14. The molecule has 2 aliphatic rings. The van der Waals surface area contributed by atoms with Crippen molar-refractivity contribution in [2.75, 3.05) is 26.2 Å². The van der Waals surface area contributed by atoms with E-state index in [0.717, 1.165) is 19.4 Å². The molecule has 0 atom stereocenters. The van der Waals surface area contributed by atoms with Crippen molar-refractivity contribution in [3.05, 3.63) is 71.8 Å². The largest absolute Gasteiger partial charge is 0.341 e. The van der Waals surface area contributed by atoms with Gasteiger partial charge >= 0.3 is 0 Å². The van der Waals surface area contributed by atoms with Crippen molar-refractivity contribution < 1.29 is 9.59 Å². The molecule has 4 rings (SSSR count). The van der Waals surface area contributed by atoms with E-state index in [0.29, 0.717) is 32.5 Å². The molecule has 0 spiro atoms. The van der Waals surface area contributed by atoms with Gasteiger partial charge in [0.15, 0.2) is 0 Å².